The van der Waals surface area contributed by atoms with Crippen LogP contribution in [-0.2, 0) is 15.9 Å². The molecule has 0 N–H and O–H groups in total. The summed E-state index contributed by atoms with van der Waals surface area (Å²) in [5, 5.41) is 1.85. The number of alkyl halides is 1. The van der Waals surface area contributed by atoms with E-state index in [1.807, 2.05) is 24.3 Å². The van der Waals surface area contributed by atoms with Crippen LogP contribution in [0.15, 0.2) is 42.5 Å². The molecule has 3 nitrogen and oxygen atoms in total. The summed E-state index contributed by atoms with van der Waals surface area (Å²) in [6.07, 6.45) is 4.84. The van der Waals surface area contributed by atoms with Crippen molar-refractivity contribution < 1.29 is 14.2 Å². The molecule has 158 valence electrons. The second-order valence-electron chi connectivity index (χ2n) is 7.03. The molecule has 3 unspecified atom stereocenters. The highest BCUT2D eigenvalue weighted by Gasteiger charge is 2.25. The molecule has 1 aliphatic rings. The molecule has 0 amide bonds. The van der Waals surface area contributed by atoms with Gasteiger partial charge in [0.05, 0.1) is 11.1 Å². The van der Waals surface area contributed by atoms with E-state index in [-0.39, 0.29) is 12.4 Å². The molecule has 0 aliphatic carbocycles. The lowest BCUT2D eigenvalue weighted by Crippen LogP contribution is -2.35. The van der Waals surface area contributed by atoms with Gasteiger partial charge in [-0.3, -0.25) is 0 Å². The number of ether oxygens (including phenoxy) is 3. The minimum atomic E-state index is -0.395. The fourth-order valence-electron chi connectivity index (χ4n) is 3.25. The van der Waals surface area contributed by atoms with Crippen LogP contribution < -0.4 is 4.74 Å². The molecule has 1 fully saturated rings. The van der Waals surface area contributed by atoms with Gasteiger partial charge in [0.2, 0.25) is 0 Å². The van der Waals surface area contributed by atoms with Gasteiger partial charge in [-0.05, 0) is 68.4 Å². The summed E-state index contributed by atoms with van der Waals surface area (Å²) in [7, 11) is 0. The summed E-state index contributed by atoms with van der Waals surface area (Å²) in [6, 6.07) is 13.0. The van der Waals surface area contributed by atoms with E-state index in [1.54, 1.807) is 18.2 Å². The first-order chi connectivity index (χ1) is 14.0. The van der Waals surface area contributed by atoms with Crippen LogP contribution in [-0.4, -0.2) is 24.6 Å². The standard InChI is InChI=1S/C22H24Cl4O3/c23-16-11-12-20(19(25)13-16)27-14-17-7-4-10-22(28-17)29-21(26)9-3-6-15-5-1-2-8-18(15)24/h1-2,5,8,11-13,17,21-22H,3-4,6-7,9-10,14H2. The molecule has 3 atom stereocenters. The third-order valence-electron chi connectivity index (χ3n) is 4.76. The van der Waals surface area contributed by atoms with Crippen molar-refractivity contribution in [2.75, 3.05) is 6.61 Å². The van der Waals surface area contributed by atoms with E-state index in [1.165, 1.54) is 0 Å². The van der Waals surface area contributed by atoms with Gasteiger partial charge in [-0.25, -0.2) is 0 Å². The van der Waals surface area contributed by atoms with Gasteiger partial charge in [0.1, 0.15) is 17.9 Å². The normalized spacial score (nSPS) is 20.4. The number of halogens is 4. The third-order valence-corrected chi connectivity index (χ3v) is 5.98. The molecule has 0 radical (unpaired) electrons. The molecule has 0 bridgehead atoms. The van der Waals surface area contributed by atoms with Crippen molar-refractivity contribution in [1.29, 1.82) is 0 Å². The Morgan fingerprint density at radius 3 is 2.66 bits per heavy atom. The van der Waals surface area contributed by atoms with E-state index in [9.17, 15) is 0 Å². The van der Waals surface area contributed by atoms with Crippen LogP contribution in [0.1, 0.15) is 37.7 Å². The number of aryl methyl sites for hydroxylation is 1. The topological polar surface area (TPSA) is 27.7 Å². The van der Waals surface area contributed by atoms with Crippen molar-refractivity contribution >= 4 is 46.4 Å². The predicted molar refractivity (Wildman–Crippen MR) is 120 cm³/mol. The Hall–Kier alpha value is -0.680. The van der Waals surface area contributed by atoms with Gasteiger partial charge < -0.3 is 14.2 Å². The van der Waals surface area contributed by atoms with Crippen molar-refractivity contribution in [2.24, 2.45) is 0 Å². The van der Waals surface area contributed by atoms with Crippen LogP contribution >= 0.6 is 46.4 Å². The number of hydrogen-bond donors (Lipinski definition) is 0. The summed E-state index contributed by atoms with van der Waals surface area (Å²) in [6.45, 7) is 0.403. The Morgan fingerprint density at radius 2 is 1.86 bits per heavy atom. The second-order valence-corrected chi connectivity index (χ2v) is 8.77. The summed E-state index contributed by atoms with van der Waals surface area (Å²) < 4.78 is 17.7. The van der Waals surface area contributed by atoms with Gasteiger partial charge in [0.25, 0.3) is 0 Å². The molecule has 2 aromatic rings. The first-order valence-electron chi connectivity index (χ1n) is 9.77. The Morgan fingerprint density at radius 1 is 1.03 bits per heavy atom. The lowest BCUT2D eigenvalue weighted by atomic mass is 10.1. The molecule has 0 saturated carbocycles. The zero-order valence-electron chi connectivity index (χ0n) is 16.0. The van der Waals surface area contributed by atoms with Crippen molar-refractivity contribution in [1.82, 2.24) is 0 Å². The SMILES string of the molecule is Clc1ccc(OCC2CCCC(OC(Cl)CCCc3ccccc3Cl)O2)c(Cl)c1. The summed E-state index contributed by atoms with van der Waals surface area (Å²) in [5.41, 5.74) is 0.734. The first-order valence-corrected chi connectivity index (χ1v) is 11.3. The van der Waals surface area contributed by atoms with Crippen LogP contribution in [0.4, 0.5) is 0 Å². The zero-order chi connectivity index (χ0) is 20.6. The monoisotopic (exact) mass is 476 g/mol. The number of hydrogen-bond acceptors (Lipinski definition) is 3. The molecular formula is C22H24Cl4O3. The predicted octanol–water partition coefficient (Wildman–Crippen LogP) is 7.53. The maximum atomic E-state index is 6.38. The van der Waals surface area contributed by atoms with Gasteiger partial charge in [0, 0.05) is 10.0 Å². The Kier molecular flexibility index (Phi) is 9.23. The molecule has 2 aromatic carbocycles. The van der Waals surface area contributed by atoms with Gasteiger partial charge >= 0.3 is 0 Å². The lowest BCUT2D eigenvalue weighted by molar-refractivity contribution is -0.207. The van der Waals surface area contributed by atoms with E-state index in [4.69, 9.17) is 60.6 Å². The average molecular weight is 478 g/mol. The minimum Gasteiger partial charge on any atom is -0.489 e. The van der Waals surface area contributed by atoms with Gasteiger partial charge in [0.15, 0.2) is 6.29 Å². The smallest absolute Gasteiger partial charge is 0.160 e. The summed E-state index contributed by atoms with van der Waals surface area (Å²) in [5.74, 6) is 0.595. The molecule has 3 rings (SSSR count). The summed E-state index contributed by atoms with van der Waals surface area (Å²) in [4.78, 5) is 0. The third kappa shape index (κ3) is 7.50. The van der Waals surface area contributed by atoms with Crippen LogP contribution in [0.2, 0.25) is 15.1 Å². The highest BCUT2D eigenvalue weighted by atomic mass is 35.5. The fourth-order valence-corrected chi connectivity index (χ4v) is 4.21. The van der Waals surface area contributed by atoms with Gasteiger partial charge in [-0.2, -0.15) is 0 Å². The molecule has 1 saturated heterocycles. The highest BCUT2D eigenvalue weighted by Crippen LogP contribution is 2.29. The van der Waals surface area contributed by atoms with Crippen LogP contribution in [0.25, 0.3) is 0 Å². The molecule has 0 spiro atoms. The first kappa shape index (κ1) is 23.0. The van der Waals surface area contributed by atoms with Crippen LogP contribution in [0.3, 0.4) is 0 Å². The van der Waals surface area contributed by atoms with Crippen molar-refractivity contribution in [3.05, 3.63) is 63.1 Å². The highest BCUT2D eigenvalue weighted by molar-refractivity contribution is 6.35. The van der Waals surface area contributed by atoms with E-state index in [0.29, 0.717) is 22.4 Å². The van der Waals surface area contributed by atoms with Crippen LogP contribution in [0.5, 0.6) is 5.75 Å². The minimum absolute atomic E-state index is 0.0625. The fraction of sp³-hybridized carbons (Fsp3) is 0.455. The van der Waals surface area contributed by atoms with E-state index < -0.39 is 5.56 Å². The maximum absolute atomic E-state index is 6.38. The molecular weight excluding hydrogens is 454 g/mol. The van der Waals surface area contributed by atoms with Crippen LogP contribution in [0, 0.1) is 0 Å². The maximum Gasteiger partial charge on any atom is 0.160 e. The summed E-state index contributed by atoms with van der Waals surface area (Å²) >= 11 is 24.6. The van der Waals surface area contributed by atoms with Crippen molar-refractivity contribution in [3.63, 3.8) is 0 Å². The molecule has 7 heteroatoms. The van der Waals surface area contributed by atoms with Crippen molar-refractivity contribution in [3.8, 4) is 5.75 Å². The molecule has 29 heavy (non-hydrogen) atoms. The Balaban J connectivity index is 1.39. The largest absolute Gasteiger partial charge is 0.489 e. The molecule has 1 heterocycles. The van der Waals surface area contributed by atoms with Gasteiger partial charge in [-0.1, -0.05) is 64.6 Å². The number of benzene rings is 2. The number of rotatable bonds is 9. The Labute approximate surface area is 192 Å². The lowest BCUT2D eigenvalue weighted by Gasteiger charge is -2.31. The average Bonchev–Trinajstić information content (AvgIpc) is 2.69. The van der Waals surface area contributed by atoms with Crippen molar-refractivity contribution in [2.45, 2.75) is 56.5 Å². The second kappa shape index (κ2) is 11.6. The van der Waals surface area contributed by atoms with E-state index >= 15 is 0 Å². The van der Waals surface area contributed by atoms with E-state index in [0.717, 1.165) is 49.1 Å². The zero-order valence-corrected chi connectivity index (χ0v) is 19.0. The Bertz CT molecular complexity index is 786. The molecule has 0 aromatic heterocycles. The van der Waals surface area contributed by atoms with E-state index in [2.05, 4.69) is 0 Å². The quantitative estimate of drug-likeness (QED) is 0.349. The van der Waals surface area contributed by atoms with Gasteiger partial charge in [-0.15, -0.1) is 0 Å². The molecule has 1 aliphatic heterocycles.